The van der Waals surface area contributed by atoms with Gasteiger partial charge in [-0.2, -0.15) is 0 Å². The van der Waals surface area contributed by atoms with Crippen LogP contribution in [0.25, 0.3) is 0 Å². The van der Waals surface area contributed by atoms with E-state index in [2.05, 4.69) is 15.5 Å². The monoisotopic (exact) mass is 297 g/mol. The van der Waals surface area contributed by atoms with Gasteiger partial charge in [-0.15, -0.1) is 0 Å². The van der Waals surface area contributed by atoms with Crippen molar-refractivity contribution >= 4 is 12.0 Å². The van der Waals surface area contributed by atoms with Crippen LogP contribution in [0.3, 0.4) is 0 Å². The zero-order valence-electron chi connectivity index (χ0n) is 13.0. The second-order valence-corrected chi connectivity index (χ2v) is 6.33. The van der Waals surface area contributed by atoms with Crippen LogP contribution in [0.1, 0.15) is 46.0 Å². The summed E-state index contributed by atoms with van der Waals surface area (Å²) in [4.78, 5) is 25.8. The van der Waals surface area contributed by atoms with Crippen molar-refractivity contribution in [1.29, 1.82) is 0 Å². The number of hydrogen-bond donors (Lipinski definition) is 3. The van der Waals surface area contributed by atoms with Crippen molar-refractivity contribution in [1.82, 2.24) is 15.5 Å². The van der Waals surface area contributed by atoms with E-state index in [1.54, 1.807) is 0 Å². The molecule has 21 heavy (non-hydrogen) atoms. The Balaban J connectivity index is 1.75. The standard InChI is InChI=1S/C15H27N3O3/c1-3-15(4-2,13(19)20)10-16-14(21)17-11-7-8-18(9-11)12-5-6-12/h11-12H,3-10H2,1-2H3,(H,19,20)(H2,16,17,21). The Morgan fingerprint density at radius 1 is 1.24 bits per heavy atom. The molecule has 2 aliphatic rings. The van der Waals surface area contributed by atoms with Crippen LogP contribution in [-0.2, 0) is 4.79 Å². The van der Waals surface area contributed by atoms with Crippen molar-refractivity contribution in [3.63, 3.8) is 0 Å². The molecule has 1 saturated carbocycles. The highest BCUT2D eigenvalue weighted by Crippen LogP contribution is 2.29. The number of aliphatic carboxylic acids is 1. The predicted molar refractivity (Wildman–Crippen MR) is 80.2 cm³/mol. The van der Waals surface area contributed by atoms with Gasteiger partial charge in [0.2, 0.25) is 0 Å². The summed E-state index contributed by atoms with van der Waals surface area (Å²) in [6.07, 6.45) is 4.58. The molecule has 120 valence electrons. The maximum atomic E-state index is 12.0. The van der Waals surface area contributed by atoms with Crippen molar-refractivity contribution in [2.45, 2.75) is 58.0 Å². The first-order valence-electron chi connectivity index (χ1n) is 8.02. The number of carboxylic acid groups (broad SMARTS) is 1. The number of carbonyl (C=O) groups is 2. The number of carboxylic acids is 1. The minimum absolute atomic E-state index is 0.181. The Kier molecular flexibility index (Phi) is 5.08. The van der Waals surface area contributed by atoms with Crippen LogP contribution in [0.4, 0.5) is 4.79 Å². The number of likely N-dealkylation sites (tertiary alicyclic amines) is 1. The second-order valence-electron chi connectivity index (χ2n) is 6.33. The summed E-state index contributed by atoms with van der Waals surface area (Å²) in [5.74, 6) is -0.839. The van der Waals surface area contributed by atoms with Gasteiger partial charge < -0.3 is 15.7 Å². The molecule has 6 heteroatoms. The fourth-order valence-electron chi connectivity index (χ4n) is 3.04. The Morgan fingerprint density at radius 2 is 1.90 bits per heavy atom. The Labute approximate surface area is 126 Å². The fourth-order valence-corrected chi connectivity index (χ4v) is 3.04. The molecular weight excluding hydrogens is 270 g/mol. The van der Waals surface area contributed by atoms with E-state index in [0.717, 1.165) is 25.6 Å². The highest BCUT2D eigenvalue weighted by Gasteiger charge is 2.36. The van der Waals surface area contributed by atoms with Crippen LogP contribution < -0.4 is 10.6 Å². The lowest BCUT2D eigenvalue weighted by atomic mass is 9.82. The maximum absolute atomic E-state index is 12.0. The Morgan fingerprint density at radius 3 is 2.43 bits per heavy atom. The van der Waals surface area contributed by atoms with Crippen LogP contribution in [0.15, 0.2) is 0 Å². The lowest BCUT2D eigenvalue weighted by molar-refractivity contribution is -0.149. The molecule has 0 radical (unpaired) electrons. The van der Waals surface area contributed by atoms with Crippen molar-refractivity contribution in [3.8, 4) is 0 Å². The summed E-state index contributed by atoms with van der Waals surface area (Å²) in [6.45, 7) is 5.85. The van der Waals surface area contributed by atoms with Gasteiger partial charge in [0.25, 0.3) is 0 Å². The van der Waals surface area contributed by atoms with E-state index >= 15 is 0 Å². The first-order valence-corrected chi connectivity index (χ1v) is 8.02. The Bertz CT molecular complexity index is 392. The van der Waals surface area contributed by atoms with Crippen LogP contribution in [-0.4, -0.2) is 53.7 Å². The van der Waals surface area contributed by atoms with E-state index in [-0.39, 0.29) is 18.6 Å². The van der Waals surface area contributed by atoms with Gasteiger partial charge in [0, 0.05) is 31.7 Å². The molecule has 3 N–H and O–H groups in total. The van der Waals surface area contributed by atoms with Crippen LogP contribution in [0, 0.1) is 5.41 Å². The SMILES string of the molecule is CCC(CC)(CNC(=O)NC1CCN(C2CC2)C1)C(=O)O. The van der Waals surface area contributed by atoms with E-state index < -0.39 is 11.4 Å². The van der Waals surface area contributed by atoms with E-state index in [9.17, 15) is 14.7 Å². The number of nitrogens with one attached hydrogen (secondary N) is 2. The molecule has 6 nitrogen and oxygen atoms in total. The van der Waals surface area contributed by atoms with E-state index in [0.29, 0.717) is 12.8 Å². The normalized spacial score (nSPS) is 23.0. The quantitative estimate of drug-likeness (QED) is 0.663. The number of urea groups is 1. The zero-order valence-corrected chi connectivity index (χ0v) is 13.0. The van der Waals surface area contributed by atoms with Gasteiger partial charge >= 0.3 is 12.0 Å². The van der Waals surface area contributed by atoms with Crippen molar-refractivity contribution < 1.29 is 14.7 Å². The van der Waals surface area contributed by atoms with Gasteiger partial charge in [-0.3, -0.25) is 9.69 Å². The molecule has 1 aliphatic heterocycles. The van der Waals surface area contributed by atoms with E-state index in [1.165, 1.54) is 12.8 Å². The molecule has 2 fully saturated rings. The smallest absolute Gasteiger partial charge is 0.315 e. The van der Waals surface area contributed by atoms with E-state index in [4.69, 9.17) is 0 Å². The summed E-state index contributed by atoms with van der Waals surface area (Å²) in [6, 6.07) is 0.679. The molecule has 2 amide bonds. The molecule has 2 rings (SSSR count). The summed E-state index contributed by atoms with van der Waals surface area (Å²) in [7, 11) is 0. The molecule has 1 atom stereocenters. The minimum Gasteiger partial charge on any atom is -0.481 e. The molecule has 0 bridgehead atoms. The van der Waals surface area contributed by atoms with Gasteiger partial charge in [-0.1, -0.05) is 13.8 Å². The van der Waals surface area contributed by atoms with Crippen LogP contribution in [0.2, 0.25) is 0 Å². The summed E-state index contributed by atoms with van der Waals surface area (Å²) < 4.78 is 0. The number of amides is 2. The molecule has 1 heterocycles. The third-order valence-corrected chi connectivity index (χ3v) is 5.01. The van der Waals surface area contributed by atoms with Gasteiger partial charge in [0.15, 0.2) is 0 Å². The van der Waals surface area contributed by atoms with Crippen molar-refractivity contribution in [3.05, 3.63) is 0 Å². The number of carbonyl (C=O) groups excluding carboxylic acids is 1. The fraction of sp³-hybridized carbons (Fsp3) is 0.867. The first-order chi connectivity index (χ1) is 10.0. The summed E-state index contributed by atoms with van der Waals surface area (Å²) in [5.41, 5.74) is -0.854. The van der Waals surface area contributed by atoms with Gasteiger partial charge in [0.05, 0.1) is 5.41 Å². The molecule has 1 saturated heterocycles. The molecule has 0 spiro atoms. The molecule has 0 aromatic rings. The topological polar surface area (TPSA) is 81.7 Å². The average Bonchev–Trinajstić information content (AvgIpc) is 3.21. The maximum Gasteiger partial charge on any atom is 0.315 e. The average molecular weight is 297 g/mol. The van der Waals surface area contributed by atoms with Gasteiger partial charge in [-0.25, -0.2) is 4.79 Å². The van der Waals surface area contributed by atoms with Crippen LogP contribution in [0.5, 0.6) is 0 Å². The first kappa shape index (κ1) is 16.1. The zero-order chi connectivity index (χ0) is 15.5. The second kappa shape index (κ2) is 6.64. The molecular formula is C15H27N3O3. The summed E-state index contributed by atoms with van der Waals surface area (Å²) >= 11 is 0. The lowest BCUT2D eigenvalue weighted by Gasteiger charge is -2.27. The van der Waals surface area contributed by atoms with Gasteiger partial charge in [0.1, 0.15) is 0 Å². The lowest BCUT2D eigenvalue weighted by Crippen LogP contribution is -2.48. The molecule has 0 aromatic heterocycles. The van der Waals surface area contributed by atoms with E-state index in [1.807, 2.05) is 13.8 Å². The molecule has 1 unspecified atom stereocenters. The molecule has 1 aliphatic carbocycles. The third-order valence-electron chi connectivity index (χ3n) is 5.01. The summed E-state index contributed by atoms with van der Waals surface area (Å²) in [5, 5.41) is 15.1. The number of hydrogen-bond acceptors (Lipinski definition) is 3. The molecule has 0 aromatic carbocycles. The predicted octanol–water partition coefficient (Wildman–Crippen LogP) is 1.41. The number of nitrogens with zero attached hydrogens (tertiary/aromatic N) is 1. The van der Waals surface area contributed by atoms with Crippen molar-refractivity contribution in [2.24, 2.45) is 5.41 Å². The highest BCUT2D eigenvalue weighted by atomic mass is 16.4. The number of rotatable bonds is 7. The van der Waals surface area contributed by atoms with Crippen molar-refractivity contribution in [2.75, 3.05) is 19.6 Å². The van der Waals surface area contributed by atoms with Crippen LogP contribution >= 0.6 is 0 Å². The highest BCUT2D eigenvalue weighted by molar-refractivity contribution is 5.78. The minimum atomic E-state index is -0.854. The Hall–Kier alpha value is -1.30. The van der Waals surface area contributed by atoms with Gasteiger partial charge in [-0.05, 0) is 32.1 Å². The largest absolute Gasteiger partial charge is 0.481 e. The third kappa shape index (κ3) is 3.87.